The van der Waals surface area contributed by atoms with Crippen LogP contribution < -0.4 is 10.6 Å². The zero-order chi connectivity index (χ0) is 19.2. The van der Waals surface area contributed by atoms with Gasteiger partial charge in [-0.3, -0.25) is 9.59 Å². The Hall–Kier alpha value is -3.15. The molecule has 0 unspecified atom stereocenters. The number of carbonyl (C=O) groups is 3. The summed E-state index contributed by atoms with van der Waals surface area (Å²) in [5.74, 6) is -1.03. The summed E-state index contributed by atoms with van der Waals surface area (Å²) in [7, 11) is 1.29. The summed E-state index contributed by atoms with van der Waals surface area (Å²) in [5.41, 5.74) is 3.09. The Bertz CT molecular complexity index is 818. The van der Waals surface area contributed by atoms with Crippen molar-refractivity contribution in [2.75, 3.05) is 7.11 Å². The van der Waals surface area contributed by atoms with Crippen LogP contribution in [0.1, 0.15) is 18.4 Å². The fourth-order valence-electron chi connectivity index (χ4n) is 3.12. The van der Waals surface area contributed by atoms with Gasteiger partial charge in [-0.1, -0.05) is 54.6 Å². The van der Waals surface area contributed by atoms with E-state index in [9.17, 15) is 14.4 Å². The van der Waals surface area contributed by atoms with E-state index in [1.807, 2.05) is 54.6 Å². The van der Waals surface area contributed by atoms with Gasteiger partial charge in [0.15, 0.2) is 0 Å². The quantitative estimate of drug-likeness (QED) is 0.764. The lowest BCUT2D eigenvalue weighted by molar-refractivity contribution is -0.145. The normalized spacial score (nSPS) is 17.1. The average Bonchev–Trinajstić information content (AvgIpc) is 3.14. The molecule has 0 spiro atoms. The number of hydrogen-bond donors (Lipinski definition) is 2. The molecule has 6 nitrogen and oxygen atoms in total. The van der Waals surface area contributed by atoms with Crippen molar-refractivity contribution in [3.63, 3.8) is 0 Å². The molecule has 0 radical (unpaired) electrons. The Morgan fingerprint density at radius 1 is 1.11 bits per heavy atom. The van der Waals surface area contributed by atoms with Gasteiger partial charge in [0.05, 0.1) is 7.11 Å². The molecule has 1 aliphatic heterocycles. The van der Waals surface area contributed by atoms with E-state index in [0.717, 1.165) is 16.7 Å². The lowest BCUT2D eigenvalue weighted by atomic mass is 10.0. The topological polar surface area (TPSA) is 84.5 Å². The molecule has 1 aliphatic rings. The minimum Gasteiger partial charge on any atom is -0.467 e. The van der Waals surface area contributed by atoms with Gasteiger partial charge in [-0.2, -0.15) is 0 Å². The molecule has 0 bridgehead atoms. The van der Waals surface area contributed by atoms with Crippen LogP contribution in [0.3, 0.4) is 0 Å². The zero-order valence-corrected chi connectivity index (χ0v) is 15.1. The lowest BCUT2D eigenvalue weighted by Gasteiger charge is -2.19. The molecule has 140 valence electrons. The van der Waals surface area contributed by atoms with Crippen LogP contribution in [0.5, 0.6) is 0 Å². The molecule has 6 heteroatoms. The summed E-state index contributed by atoms with van der Waals surface area (Å²) in [5, 5.41) is 5.30. The number of amides is 2. The zero-order valence-electron chi connectivity index (χ0n) is 15.1. The van der Waals surface area contributed by atoms with Gasteiger partial charge in [0.1, 0.15) is 12.1 Å². The van der Waals surface area contributed by atoms with Crippen molar-refractivity contribution in [3.05, 3.63) is 60.2 Å². The first kappa shape index (κ1) is 18.6. The summed E-state index contributed by atoms with van der Waals surface area (Å²) in [6, 6.07) is 16.4. The van der Waals surface area contributed by atoms with Crippen molar-refractivity contribution in [1.29, 1.82) is 0 Å². The second kappa shape index (κ2) is 8.49. The monoisotopic (exact) mass is 366 g/mol. The molecule has 1 saturated heterocycles. The number of ether oxygens (including phenoxy) is 1. The molecular weight excluding hydrogens is 344 g/mol. The van der Waals surface area contributed by atoms with E-state index in [2.05, 4.69) is 10.6 Å². The van der Waals surface area contributed by atoms with E-state index in [0.29, 0.717) is 19.3 Å². The number of nitrogens with one attached hydrogen (secondary N) is 2. The van der Waals surface area contributed by atoms with Crippen LogP contribution in [0, 0.1) is 0 Å². The van der Waals surface area contributed by atoms with Crippen molar-refractivity contribution in [1.82, 2.24) is 10.6 Å². The van der Waals surface area contributed by atoms with Crippen LogP contribution in [0.25, 0.3) is 11.1 Å². The van der Waals surface area contributed by atoms with Gasteiger partial charge < -0.3 is 15.4 Å². The van der Waals surface area contributed by atoms with E-state index in [1.165, 1.54) is 7.11 Å². The maximum absolute atomic E-state index is 12.3. The minimum atomic E-state index is -0.803. The highest BCUT2D eigenvalue weighted by molar-refractivity contribution is 5.93. The largest absolute Gasteiger partial charge is 0.467 e. The van der Waals surface area contributed by atoms with Crippen molar-refractivity contribution < 1.29 is 19.1 Å². The molecule has 1 heterocycles. The SMILES string of the molecule is COC(=O)[C@H](Cc1ccc(-c2ccccc2)cc1)NC(=O)[C@H]1CCC(=O)N1. The molecule has 2 aromatic carbocycles. The van der Waals surface area contributed by atoms with Gasteiger partial charge in [0.25, 0.3) is 0 Å². The van der Waals surface area contributed by atoms with E-state index < -0.39 is 18.1 Å². The molecular formula is C21H22N2O4. The number of esters is 1. The summed E-state index contributed by atoms with van der Waals surface area (Å²) in [4.78, 5) is 35.7. The highest BCUT2D eigenvalue weighted by atomic mass is 16.5. The Morgan fingerprint density at radius 2 is 1.78 bits per heavy atom. The average molecular weight is 366 g/mol. The molecule has 2 N–H and O–H groups in total. The number of benzene rings is 2. The molecule has 2 atom stereocenters. The van der Waals surface area contributed by atoms with Crippen molar-refractivity contribution in [3.8, 4) is 11.1 Å². The van der Waals surface area contributed by atoms with Crippen LogP contribution in [0.2, 0.25) is 0 Å². The van der Waals surface area contributed by atoms with Crippen LogP contribution in [0.4, 0.5) is 0 Å². The molecule has 27 heavy (non-hydrogen) atoms. The first-order valence-corrected chi connectivity index (χ1v) is 8.89. The van der Waals surface area contributed by atoms with Gasteiger partial charge in [-0.25, -0.2) is 4.79 Å². The van der Waals surface area contributed by atoms with E-state index in [1.54, 1.807) is 0 Å². The maximum atomic E-state index is 12.3. The third kappa shape index (κ3) is 4.73. The third-order valence-electron chi connectivity index (χ3n) is 4.61. The van der Waals surface area contributed by atoms with Crippen LogP contribution in [-0.4, -0.2) is 37.0 Å². The predicted octanol–water partition coefficient (Wildman–Crippen LogP) is 1.83. The first-order chi connectivity index (χ1) is 13.1. The number of rotatable bonds is 6. The highest BCUT2D eigenvalue weighted by Crippen LogP contribution is 2.20. The van der Waals surface area contributed by atoms with Crippen molar-refractivity contribution in [2.45, 2.75) is 31.3 Å². The fraction of sp³-hybridized carbons (Fsp3) is 0.286. The molecule has 3 rings (SSSR count). The third-order valence-corrected chi connectivity index (χ3v) is 4.61. The molecule has 2 amide bonds. The van der Waals surface area contributed by atoms with Gasteiger partial charge in [0, 0.05) is 12.8 Å². The second-order valence-electron chi connectivity index (χ2n) is 6.51. The summed E-state index contributed by atoms with van der Waals surface area (Å²) in [6.45, 7) is 0. The smallest absolute Gasteiger partial charge is 0.328 e. The van der Waals surface area contributed by atoms with E-state index >= 15 is 0 Å². The summed E-state index contributed by atoms with van der Waals surface area (Å²) in [6.07, 6.45) is 1.07. The predicted molar refractivity (Wildman–Crippen MR) is 101 cm³/mol. The Labute approximate surface area is 157 Å². The molecule has 2 aromatic rings. The van der Waals surface area contributed by atoms with Gasteiger partial charge in [0.2, 0.25) is 11.8 Å². The minimum absolute atomic E-state index is 0.152. The van der Waals surface area contributed by atoms with Gasteiger partial charge >= 0.3 is 5.97 Å². The Morgan fingerprint density at radius 3 is 2.37 bits per heavy atom. The molecule has 0 aliphatic carbocycles. The van der Waals surface area contributed by atoms with Gasteiger partial charge in [-0.15, -0.1) is 0 Å². The summed E-state index contributed by atoms with van der Waals surface area (Å²) >= 11 is 0. The Balaban J connectivity index is 1.68. The second-order valence-corrected chi connectivity index (χ2v) is 6.51. The molecule has 1 fully saturated rings. The standard InChI is InChI=1S/C21H22N2O4/c1-27-21(26)18(23-20(25)17-11-12-19(24)22-17)13-14-7-9-16(10-8-14)15-5-3-2-4-6-15/h2-10,17-18H,11-13H2,1H3,(H,22,24)(H,23,25)/t17-,18+/m1/s1. The fourth-order valence-corrected chi connectivity index (χ4v) is 3.12. The maximum Gasteiger partial charge on any atom is 0.328 e. The van der Waals surface area contributed by atoms with Crippen LogP contribution >= 0.6 is 0 Å². The first-order valence-electron chi connectivity index (χ1n) is 8.89. The van der Waals surface area contributed by atoms with Gasteiger partial charge in [-0.05, 0) is 23.1 Å². The van der Waals surface area contributed by atoms with E-state index in [-0.39, 0.29) is 11.8 Å². The van der Waals surface area contributed by atoms with E-state index in [4.69, 9.17) is 4.74 Å². The van der Waals surface area contributed by atoms with Crippen LogP contribution in [0.15, 0.2) is 54.6 Å². The van der Waals surface area contributed by atoms with Crippen molar-refractivity contribution >= 4 is 17.8 Å². The van der Waals surface area contributed by atoms with Crippen molar-refractivity contribution in [2.24, 2.45) is 0 Å². The number of carbonyl (C=O) groups excluding carboxylic acids is 3. The highest BCUT2D eigenvalue weighted by Gasteiger charge is 2.30. The lowest BCUT2D eigenvalue weighted by Crippen LogP contribution is -2.49. The number of hydrogen-bond acceptors (Lipinski definition) is 4. The molecule has 0 aromatic heterocycles. The molecule has 0 saturated carbocycles. The Kier molecular flexibility index (Phi) is 5.86. The van der Waals surface area contributed by atoms with Crippen LogP contribution in [-0.2, 0) is 25.5 Å². The summed E-state index contributed by atoms with van der Waals surface area (Å²) < 4.78 is 4.82. The number of methoxy groups -OCH3 is 1.